The van der Waals surface area contributed by atoms with Crippen LogP contribution < -0.4 is 5.32 Å². The maximum atomic E-state index is 11.1. The molecule has 0 saturated heterocycles. The molecule has 0 unspecified atom stereocenters. The summed E-state index contributed by atoms with van der Waals surface area (Å²) in [5.41, 5.74) is -0.585. The van der Waals surface area contributed by atoms with E-state index in [0.717, 1.165) is 12.1 Å². The molecule has 0 saturated carbocycles. The molecule has 0 aliphatic rings. The van der Waals surface area contributed by atoms with Crippen LogP contribution in [0.25, 0.3) is 0 Å². The minimum absolute atomic E-state index is 0.0567. The number of ether oxygens (including phenoxy) is 1. The Hall–Kier alpha value is -1.90. The van der Waals surface area contributed by atoms with Crippen molar-refractivity contribution in [2.45, 2.75) is 0 Å². The highest BCUT2D eigenvalue weighted by molar-refractivity contribution is 6.34. The number of hydrogen-bond donors (Lipinski definition) is 3. The molecule has 0 aliphatic carbocycles. The number of carboxylic acids is 1. The number of benzene rings is 1. The van der Waals surface area contributed by atoms with Gasteiger partial charge in [-0.3, -0.25) is 10.1 Å². The summed E-state index contributed by atoms with van der Waals surface area (Å²) < 4.78 is 5.00. The average Bonchev–Trinajstić information content (AvgIpc) is 2.39. The highest BCUT2D eigenvalue weighted by Gasteiger charge is 2.19. The number of anilines is 1. The third-order valence-electron chi connectivity index (χ3n) is 2.30. The van der Waals surface area contributed by atoms with Gasteiger partial charge in [-0.2, -0.15) is 0 Å². The molecule has 1 aromatic rings. The molecule has 1 rings (SSSR count). The molecule has 0 aliphatic heterocycles. The van der Waals surface area contributed by atoms with Crippen molar-refractivity contribution in [3.8, 4) is 0 Å². The van der Waals surface area contributed by atoms with Gasteiger partial charge in [-0.05, 0) is 0 Å². The quantitative estimate of drug-likeness (QED) is 0.376. The summed E-state index contributed by atoms with van der Waals surface area (Å²) >= 11 is 5.85. The maximum absolute atomic E-state index is 11.1. The molecule has 0 atom stereocenters. The molecule has 0 radical (unpaired) electrons. The van der Waals surface area contributed by atoms with Gasteiger partial charge in [0.15, 0.2) is 0 Å². The molecule has 3 N–H and O–H groups in total. The monoisotopic (exact) mass is 304 g/mol. The molecule has 1 aromatic carbocycles. The Kier molecular flexibility index (Phi) is 6.16. The fourth-order valence-corrected chi connectivity index (χ4v) is 1.74. The molecular formula is C11H13ClN2O6. The molecule has 0 spiro atoms. The van der Waals surface area contributed by atoms with Crippen LogP contribution in [0.1, 0.15) is 10.4 Å². The molecule has 0 heterocycles. The second-order valence-electron chi connectivity index (χ2n) is 3.68. The van der Waals surface area contributed by atoms with E-state index in [1.165, 1.54) is 0 Å². The zero-order chi connectivity index (χ0) is 15.1. The third-order valence-corrected chi connectivity index (χ3v) is 2.60. The number of halogens is 1. The predicted octanol–water partition coefficient (Wildman–Crippen LogP) is 1.37. The first-order valence-corrected chi connectivity index (χ1v) is 5.99. The second-order valence-corrected chi connectivity index (χ2v) is 4.08. The summed E-state index contributed by atoms with van der Waals surface area (Å²) in [6, 6.07) is 2.01. The Morgan fingerprint density at radius 2 is 2.15 bits per heavy atom. The van der Waals surface area contributed by atoms with Crippen LogP contribution in [-0.4, -0.2) is 47.5 Å². The van der Waals surface area contributed by atoms with Crippen molar-refractivity contribution in [3.05, 3.63) is 32.8 Å². The van der Waals surface area contributed by atoms with Gasteiger partial charge in [-0.1, -0.05) is 11.6 Å². The first-order chi connectivity index (χ1) is 9.47. The van der Waals surface area contributed by atoms with E-state index >= 15 is 0 Å². The number of aliphatic hydroxyl groups is 1. The number of nitrogens with one attached hydrogen (secondary N) is 1. The summed E-state index contributed by atoms with van der Waals surface area (Å²) in [6.45, 7) is 0.533. The first kappa shape index (κ1) is 16.2. The van der Waals surface area contributed by atoms with Crippen molar-refractivity contribution in [1.29, 1.82) is 0 Å². The number of rotatable bonds is 8. The lowest BCUT2D eigenvalue weighted by Gasteiger charge is -2.11. The van der Waals surface area contributed by atoms with Crippen LogP contribution in [0.5, 0.6) is 0 Å². The van der Waals surface area contributed by atoms with Crippen LogP contribution in [0.3, 0.4) is 0 Å². The molecule has 20 heavy (non-hydrogen) atoms. The lowest BCUT2D eigenvalue weighted by Crippen LogP contribution is -2.14. The summed E-state index contributed by atoms with van der Waals surface area (Å²) in [5.74, 6) is -1.32. The van der Waals surface area contributed by atoms with Gasteiger partial charge in [-0.25, -0.2) is 4.79 Å². The largest absolute Gasteiger partial charge is 0.478 e. The molecule has 0 bridgehead atoms. The van der Waals surface area contributed by atoms with Gasteiger partial charge in [-0.15, -0.1) is 0 Å². The Balaban J connectivity index is 2.88. The van der Waals surface area contributed by atoms with E-state index in [0.29, 0.717) is 0 Å². The zero-order valence-electron chi connectivity index (χ0n) is 10.3. The van der Waals surface area contributed by atoms with E-state index in [1.807, 2.05) is 0 Å². The van der Waals surface area contributed by atoms with Gasteiger partial charge in [0.05, 0.1) is 41.0 Å². The number of carboxylic acid groups (broad SMARTS) is 1. The number of nitrogens with zero attached hydrogens (tertiary/aromatic N) is 1. The third kappa shape index (κ3) is 4.34. The number of aliphatic hydroxyl groups excluding tert-OH is 1. The molecule has 0 fully saturated rings. The van der Waals surface area contributed by atoms with Crippen LogP contribution >= 0.6 is 11.6 Å². The molecule has 110 valence electrons. The fourth-order valence-electron chi connectivity index (χ4n) is 1.46. The number of nitro groups is 1. The van der Waals surface area contributed by atoms with Gasteiger partial charge in [0.2, 0.25) is 0 Å². The van der Waals surface area contributed by atoms with Crippen molar-refractivity contribution in [3.63, 3.8) is 0 Å². The van der Waals surface area contributed by atoms with Crippen molar-refractivity contribution < 1.29 is 24.7 Å². The van der Waals surface area contributed by atoms with Gasteiger partial charge in [0.25, 0.3) is 5.69 Å². The lowest BCUT2D eigenvalue weighted by molar-refractivity contribution is -0.384. The number of non-ortho nitro benzene ring substituents is 1. The van der Waals surface area contributed by atoms with Crippen LogP contribution in [0.4, 0.5) is 11.4 Å². The van der Waals surface area contributed by atoms with Gasteiger partial charge in [0, 0.05) is 18.7 Å². The maximum Gasteiger partial charge on any atom is 0.338 e. The molecule has 0 amide bonds. The highest BCUT2D eigenvalue weighted by atomic mass is 35.5. The van der Waals surface area contributed by atoms with Gasteiger partial charge >= 0.3 is 5.97 Å². The summed E-state index contributed by atoms with van der Waals surface area (Å²) in [6.07, 6.45) is 0. The highest BCUT2D eigenvalue weighted by Crippen LogP contribution is 2.31. The molecule has 8 nitrogen and oxygen atoms in total. The topological polar surface area (TPSA) is 122 Å². The lowest BCUT2D eigenvalue weighted by atomic mass is 10.1. The minimum atomic E-state index is -1.32. The summed E-state index contributed by atoms with van der Waals surface area (Å²) in [7, 11) is 0. The Bertz CT molecular complexity index is 508. The van der Waals surface area contributed by atoms with E-state index in [2.05, 4.69) is 5.32 Å². The van der Waals surface area contributed by atoms with E-state index in [1.54, 1.807) is 0 Å². The van der Waals surface area contributed by atoms with Crippen LogP contribution in [0, 0.1) is 10.1 Å². The predicted molar refractivity (Wildman–Crippen MR) is 71.5 cm³/mol. The van der Waals surface area contributed by atoms with Gasteiger partial charge < -0.3 is 20.3 Å². The molecule has 9 heteroatoms. The van der Waals surface area contributed by atoms with Crippen molar-refractivity contribution in [1.82, 2.24) is 0 Å². The standard InChI is InChI=1S/C11H13ClN2O6/c12-9-6-7(14(18)19)5-8(11(16)17)10(9)13-1-3-20-4-2-15/h5-6,13,15H,1-4H2,(H,16,17). The van der Waals surface area contributed by atoms with E-state index in [4.69, 9.17) is 26.6 Å². The zero-order valence-corrected chi connectivity index (χ0v) is 11.1. The summed E-state index contributed by atoms with van der Waals surface area (Å²) in [4.78, 5) is 21.0. The van der Waals surface area contributed by atoms with Crippen molar-refractivity contribution >= 4 is 28.9 Å². The first-order valence-electron chi connectivity index (χ1n) is 5.61. The van der Waals surface area contributed by atoms with Crippen LogP contribution in [0.15, 0.2) is 12.1 Å². The Labute approximate surface area is 119 Å². The summed E-state index contributed by atoms with van der Waals surface area (Å²) in [5, 5.41) is 30.9. The molecule has 0 aromatic heterocycles. The SMILES string of the molecule is O=C(O)c1cc([N+](=O)[O-])cc(Cl)c1NCCOCCO. The van der Waals surface area contributed by atoms with Gasteiger partial charge in [0.1, 0.15) is 0 Å². The Morgan fingerprint density at radius 1 is 1.45 bits per heavy atom. The number of nitro benzene ring substituents is 1. The normalized spacial score (nSPS) is 10.3. The van der Waals surface area contributed by atoms with Crippen LogP contribution in [-0.2, 0) is 4.74 Å². The minimum Gasteiger partial charge on any atom is -0.478 e. The van der Waals surface area contributed by atoms with Crippen molar-refractivity contribution in [2.24, 2.45) is 0 Å². The average molecular weight is 305 g/mol. The van der Waals surface area contributed by atoms with E-state index in [9.17, 15) is 14.9 Å². The fraction of sp³-hybridized carbons (Fsp3) is 0.364. The number of hydrogen-bond acceptors (Lipinski definition) is 6. The van der Waals surface area contributed by atoms with Crippen LogP contribution in [0.2, 0.25) is 5.02 Å². The molecular weight excluding hydrogens is 292 g/mol. The van der Waals surface area contributed by atoms with E-state index in [-0.39, 0.29) is 42.6 Å². The number of aromatic carboxylic acids is 1. The Morgan fingerprint density at radius 3 is 2.70 bits per heavy atom. The number of carbonyl (C=O) groups is 1. The van der Waals surface area contributed by atoms with Crippen molar-refractivity contribution in [2.75, 3.05) is 31.7 Å². The second kappa shape index (κ2) is 7.63. The van der Waals surface area contributed by atoms with E-state index < -0.39 is 16.6 Å². The smallest absolute Gasteiger partial charge is 0.338 e.